The topological polar surface area (TPSA) is 104 Å². The Hall–Kier alpha value is -2.06. The Labute approximate surface area is 129 Å². The standard InChI is InChI=1S/C13H10BrNO5S/c14-9-2-4-10(5-3-9)21(19,20)15-11-6-1-8(13(17)18)7-12(11)16/h1-7,15-16H,(H,17,18). The fraction of sp³-hybridized carbons (Fsp3) is 0. The number of phenols is 1. The summed E-state index contributed by atoms with van der Waals surface area (Å²) in [5.74, 6) is -1.68. The number of carbonyl (C=O) groups is 1. The highest BCUT2D eigenvalue weighted by Crippen LogP contribution is 2.27. The number of phenolic OH excluding ortho intramolecular Hbond substituents is 1. The SMILES string of the molecule is O=C(O)c1ccc(NS(=O)(=O)c2ccc(Br)cc2)c(O)c1. The van der Waals surface area contributed by atoms with Gasteiger partial charge in [-0.2, -0.15) is 0 Å². The highest BCUT2D eigenvalue weighted by molar-refractivity contribution is 9.10. The second kappa shape index (κ2) is 5.74. The normalized spacial score (nSPS) is 11.1. The zero-order valence-electron chi connectivity index (χ0n) is 10.4. The van der Waals surface area contributed by atoms with Crippen LogP contribution in [0.1, 0.15) is 10.4 Å². The van der Waals surface area contributed by atoms with Crippen molar-refractivity contribution in [1.82, 2.24) is 0 Å². The van der Waals surface area contributed by atoms with E-state index in [1.54, 1.807) is 12.1 Å². The van der Waals surface area contributed by atoms with Crippen LogP contribution in [0.3, 0.4) is 0 Å². The first kappa shape index (κ1) is 15.3. The summed E-state index contributed by atoms with van der Waals surface area (Å²) in [4.78, 5) is 10.8. The van der Waals surface area contributed by atoms with Crippen molar-refractivity contribution in [2.45, 2.75) is 4.90 Å². The summed E-state index contributed by atoms with van der Waals surface area (Å²) in [6.45, 7) is 0. The maximum Gasteiger partial charge on any atom is 0.335 e. The Bertz CT molecular complexity index is 787. The van der Waals surface area contributed by atoms with E-state index >= 15 is 0 Å². The summed E-state index contributed by atoms with van der Waals surface area (Å²) in [6.07, 6.45) is 0. The Morgan fingerprint density at radius 3 is 2.24 bits per heavy atom. The molecule has 0 aliphatic rings. The van der Waals surface area contributed by atoms with E-state index in [1.165, 1.54) is 24.3 Å². The van der Waals surface area contributed by atoms with Gasteiger partial charge in [0, 0.05) is 4.47 Å². The Kier molecular flexibility index (Phi) is 4.19. The van der Waals surface area contributed by atoms with Crippen LogP contribution in [0.4, 0.5) is 5.69 Å². The zero-order chi connectivity index (χ0) is 15.6. The van der Waals surface area contributed by atoms with Crippen molar-refractivity contribution in [2.75, 3.05) is 4.72 Å². The summed E-state index contributed by atoms with van der Waals surface area (Å²) in [7, 11) is -3.86. The molecule has 2 aromatic rings. The predicted molar refractivity (Wildman–Crippen MR) is 80.0 cm³/mol. The van der Waals surface area contributed by atoms with Crippen molar-refractivity contribution in [3.63, 3.8) is 0 Å². The number of nitrogens with one attached hydrogen (secondary N) is 1. The molecule has 0 saturated heterocycles. The molecule has 0 heterocycles. The van der Waals surface area contributed by atoms with E-state index in [0.29, 0.717) is 0 Å². The van der Waals surface area contributed by atoms with E-state index in [4.69, 9.17) is 5.11 Å². The molecule has 0 aliphatic carbocycles. The van der Waals surface area contributed by atoms with Gasteiger partial charge in [-0.15, -0.1) is 0 Å². The Morgan fingerprint density at radius 2 is 1.71 bits per heavy atom. The number of benzene rings is 2. The molecule has 0 bridgehead atoms. The number of hydrogen-bond acceptors (Lipinski definition) is 4. The van der Waals surface area contributed by atoms with Crippen LogP contribution in [0.5, 0.6) is 5.75 Å². The molecular weight excluding hydrogens is 362 g/mol. The molecule has 0 fully saturated rings. The van der Waals surface area contributed by atoms with Crippen LogP contribution in [-0.4, -0.2) is 24.6 Å². The fourth-order valence-electron chi connectivity index (χ4n) is 1.57. The Balaban J connectivity index is 2.32. The molecule has 2 rings (SSSR count). The van der Waals surface area contributed by atoms with E-state index in [0.717, 1.165) is 10.5 Å². The number of rotatable bonds is 4. The summed E-state index contributed by atoms with van der Waals surface area (Å²) in [5.41, 5.74) is -0.234. The molecule has 110 valence electrons. The number of hydrogen-bond donors (Lipinski definition) is 3. The van der Waals surface area contributed by atoms with Gasteiger partial charge in [0.05, 0.1) is 16.1 Å². The van der Waals surface area contributed by atoms with Gasteiger partial charge < -0.3 is 10.2 Å². The molecule has 8 heteroatoms. The predicted octanol–water partition coefficient (Wildman–Crippen LogP) is 2.65. The van der Waals surface area contributed by atoms with E-state index in [9.17, 15) is 18.3 Å². The van der Waals surface area contributed by atoms with E-state index in [2.05, 4.69) is 20.7 Å². The van der Waals surface area contributed by atoms with E-state index in [1.807, 2.05) is 0 Å². The average molecular weight is 372 g/mol. The number of carboxylic acid groups (broad SMARTS) is 1. The second-order valence-corrected chi connectivity index (χ2v) is 6.69. The maximum absolute atomic E-state index is 12.1. The average Bonchev–Trinajstić information content (AvgIpc) is 2.41. The van der Waals surface area contributed by atoms with E-state index < -0.39 is 21.7 Å². The summed E-state index contributed by atoms with van der Waals surface area (Å²) >= 11 is 3.20. The number of halogens is 1. The highest BCUT2D eigenvalue weighted by Gasteiger charge is 2.17. The van der Waals surface area contributed by atoms with Crippen LogP contribution in [0.15, 0.2) is 51.8 Å². The summed E-state index contributed by atoms with van der Waals surface area (Å²) in [5, 5.41) is 18.5. The minimum atomic E-state index is -3.86. The number of aromatic hydroxyl groups is 1. The number of sulfonamides is 1. The zero-order valence-corrected chi connectivity index (χ0v) is 12.8. The molecule has 2 aromatic carbocycles. The minimum Gasteiger partial charge on any atom is -0.506 e. The van der Waals surface area contributed by atoms with Gasteiger partial charge in [-0.3, -0.25) is 4.72 Å². The molecule has 0 atom stereocenters. The highest BCUT2D eigenvalue weighted by atomic mass is 79.9. The van der Waals surface area contributed by atoms with Crippen LogP contribution in [0.2, 0.25) is 0 Å². The molecule has 0 aliphatic heterocycles. The second-order valence-electron chi connectivity index (χ2n) is 4.10. The molecule has 0 saturated carbocycles. The molecule has 21 heavy (non-hydrogen) atoms. The quantitative estimate of drug-likeness (QED) is 0.716. The monoisotopic (exact) mass is 371 g/mol. The number of carboxylic acids is 1. The minimum absolute atomic E-state index is 0.0208. The lowest BCUT2D eigenvalue weighted by atomic mass is 10.2. The van der Waals surface area contributed by atoms with Gasteiger partial charge in [0.2, 0.25) is 0 Å². The molecule has 0 amide bonds. The molecule has 0 aromatic heterocycles. The van der Waals surface area contributed by atoms with Crippen molar-refractivity contribution in [3.8, 4) is 5.75 Å². The third-order valence-electron chi connectivity index (χ3n) is 2.61. The van der Waals surface area contributed by atoms with Gasteiger partial charge in [-0.25, -0.2) is 13.2 Å². The van der Waals surface area contributed by atoms with Crippen LogP contribution in [-0.2, 0) is 10.0 Å². The third-order valence-corrected chi connectivity index (χ3v) is 4.52. The van der Waals surface area contributed by atoms with Gasteiger partial charge in [0.15, 0.2) is 0 Å². The molecule has 0 radical (unpaired) electrons. The van der Waals surface area contributed by atoms with Crippen molar-refractivity contribution in [3.05, 3.63) is 52.5 Å². The summed E-state index contributed by atoms with van der Waals surface area (Å²) < 4.78 is 27.2. The van der Waals surface area contributed by atoms with Gasteiger partial charge in [0.1, 0.15) is 5.75 Å². The van der Waals surface area contributed by atoms with E-state index in [-0.39, 0.29) is 16.1 Å². The smallest absolute Gasteiger partial charge is 0.335 e. The van der Waals surface area contributed by atoms with Crippen molar-refractivity contribution in [2.24, 2.45) is 0 Å². The van der Waals surface area contributed by atoms with Crippen molar-refractivity contribution < 1.29 is 23.4 Å². The molecule has 6 nitrogen and oxygen atoms in total. The van der Waals surface area contributed by atoms with Gasteiger partial charge in [-0.05, 0) is 42.5 Å². The summed E-state index contributed by atoms with van der Waals surface area (Å²) in [6, 6.07) is 9.30. The van der Waals surface area contributed by atoms with Crippen LogP contribution in [0.25, 0.3) is 0 Å². The lowest BCUT2D eigenvalue weighted by molar-refractivity contribution is 0.0696. The molecule has 3 N–H and O–H groups in total. The fourth-order valence-corrected chi connectivity index (χ4v) is 2.91. The Morgan fingerprint density at radius 1 is 1.10 bits per heavy atom. The lowest BCUT2D eigenvalue weighted by Crippen LogP contribution is -2.13. The molecule has 0 unspecified atom stereocenters. The largest absolute Gasteiger partial charge is 0.506 e. The first-order valence-electron chi connectivity index (χ1n) is 5.64. The van der Waals surface area contributed by atoms with Crippen LogP contribution >= 0.6 is 15.9 Å². The van der Waals surface area contributed by atoms with Gasteiger partial charge in [0.25, 0.3) is 10.0 Å². The maximum atomic E-state index is 12.1. The van der Waals surface area contributed by atoms with Gasteiger partial charge in [-0.1, -0.05) is 15.9 Å². The third kappa shape index (κ3) is 3.53. The van der Waals surface area contributed by atoms with Crippen LogP contribution in [0, 0.1) is 0 Å². The van der Waals surface area contributed by atoms with Crippen molar-refractivity contribution >= 4 is 37.6 Å². The lowest BCUT2D eigenvalue weighted by Gasteiger charge is -2.10. The van der Waals surface area contributed by atoms with Crippen LogP contribution < -0.4 is 4.72 Å². The number of anilines is 1. The molecular formula is C13H10BrNO5S. The first-order valence-corrected chi connectivity index (χ1v) is 7.92. The first-order chi connectivity index (χ1) is 9.79. The number of aromatic carboxylic acids is 1. The van der Waals surface area contributed by atoms with Gasteiger partial charge >= 0.3 is 5.97 Å². The van der Waals surface area contributed by atoms with Crippen molar-refractivity contribution in [1.29, 1.82) is 0 Å². The molecule has 0 spiro atoms.